The van der Waals surface area contributed by atoms with Gasteiger partial charge in [0.25, 0.3) is 0 Å². The molecule has 1 aliphatic carbocycles. The molecule has 4 nitrogen and oxygen atoms in total. The first kappa shape index (κ1) is 12.8. The van der Waals surface area contributed by atoms with E-state index in [2.05, 4.69) is 29.5 Å². The van der Waals surface area contributed by atoms with Crippen molar-refractivity contribution in [1.82, 2.24) is 15.5 Å². The van der Waals surface area contributed by atoms with Crippen LogP contribution in [0, 0.1) is 5.41 Å². The predicted molar refractivity (Wildman–Crippen MR) is 68.9 cm³/mol. The molecule has 17 heavy (non-hydrogen) atoms. The lowest BCUT2D eigenvalue weighted by molar-refractivity contribution is -0.131. The van der Waals surface area contributed by atoms with Crippen molar-refractivity contribution in [2.75, 3.05) is 33.2 Å². The Hall–Kier alpha value is -0.610. The van der Waals surface area contributed by atoms with Gasteiger partial charge in [-0.25, -0.2) is 0 Å². The lowest BCUT2D eigenvalue weighted by Gasteiger charge is -2.32. The maximum Gasteiger partial charge on any atom is 0.227 e. The van der Waals surface area contributed by atoms with E-state index in [1.165, 1.54) is 12.8 Å². The summed E-state index contributed by atoms with van der Waals surface area (Å²) in [6.45, 7) is 5.69. The lowest BCUT2D eigenvalue weighted by atomic mass is 9.82. The quantitative estimate of drug-likeness (QED) is 0.738. The van der Waals surface area contributed by atoms with E-state index in [-0.39, 0.29) is 11.3 Å². The highest BCUT2D eigenvalue weighted by Crippen LogP contribution is 2.26. The number of nitrogens with zero attached hydrogens (tertiary/aromatic N) is 1. The molecule has 2 fully saturated rings. The van der Waals surface area contributed by atoms with E-state index < -0.39 is 0 Å². The third-order valence-electron chi connectivity index (χ3n) is 4.07. The maximum absolute atomic E-state index is 12.1. The normalized spacial score (nSPS) is 29.4. The number of carbonyl (C=O) groups excluding carboxylic acids is 1. The minimum Gasteiger partial charge on any atom is -0.354 e. The standard InChI is InChI=1S/C13H25N3O/c1-13(6-3-7-14-10-13)12(17)15-8-9-16(2)11-4-5-11/h11,14H,3-10H2,1-2H3,(H,15,17). The zero-order valence-corrected chi connectivity index (χ0v) is 11.1. The van der Waals surface area contributed by atoms with Crippen molar-refractivity contribution in [3.63, 3.8) is 0 Å². The molecular formula is C13H25N3O. The summed E-state index contributed by atoms with van der Waals surface area (Å²) in [7, 11) is 2.15. The van der Waals surface area contributed by atoms with Gasteiger partial charge in [-0.15, -0.1) is 0 Å². The molecule has 0 aromatic rings. The van der Waals surface area contributed by atoms with E-state index in [1.807, 2.05) is 0 Å². The van der Waals surface area contributed by atoms with E-state index in [0.29, 0.717) is 0 Å². The minimum atomic E-state index is -0.198. The summed E-state index contributed by atoms with van der Waals surface area (Å²) in [5, 5.41) is 6.40. The van der Waals surface area contributed by atoms with Gasteiger partial charge in [0.2, 0.25) is 5.91 Å². The zero-order chi connectivity index (χ0) is 12.3. The van der Waals surface area contributed by atoms with Gasteiger partial charge in [-0.1, -0.05) is 0 Å². The SMILES string of the molecule is CN(CCNC(=O)C1(C)CCCNC1)C1CC1. The largest absolute Gasteiger partial charge is 0.354 e. The maximum atomic E-state index is 12.1. The number of hydrogen-bond donors (Lipinski definition) is 2. The fourth-order valence-electron chi connectivity index (χ4n) is 2.51. The molecule has 1 atom stereocenters. The van der Waals surface area contributed by atoms with Crippen molar-refractivity contribution < 1.29 is 4.79 Å². The number of likely N-dealkylation sites (N-methyl/N-ethyl adjacent to an activating group) is 1. The fourth-order valence-corrected chi connectivity index (χ4v) is 2.51. The van der Waals surface area contributed by atoms with E-state index in [0.717, 1.165) is 45.1 Å². The zero-order valence-electron chi connectivity index (χ0n) is 11.1. The molecule has 0 aromatic heterocycles. The van der Waals surface area contributed by atoms with E-state index in [4.69, 9.17) is 0 Å². The molecule has 2 rings (SSSR count). The Morgan fingerprint density at radius 1 is 1.53 bits per heavy atom. The molecule has 2 N–H and O–H groups in total. The molecule has 1 unspecified atom stereocenters. The molecule has 1 saturated heterocycles. The van der Waals surface area contributed by atoms with Crippen molar-refractivity contribution in [2.45, 2.75) is 38.6 Å². The number of hydrogen-bond acceptors (Lipinski definition) is 3. The first-order valence-corrected chi connectivity index (χ1v) is 6.81. The summed E-state index contributed by atoms with van der Waals surface area (Å²) in [6, 6.07) is 0.777. The first-order valence-electron chi connectivity index (χ1n) is 6.81. The third-order valence-corrected chi connectivity index (χ3v) is 4.07. The smallest absolute Gasteiger partial charge is 0.227 e. The van der Waals surface area contributed by atoms with Crippen molar-refractivity contribution >= 4 is 5.91 Å². The highest BCUT2D eigenvalue weighted by atomic mass is 16.2. The van der Waals surface area contributed by atoms with Gasteiger partial charge in [0.15, 0.2) is 0 Å². The van der Waals surface area contributed by atoms with Crippen LogP contribution in [0.15, 0.2) is 0 Å². The van der Waals surface area contributed by atoms with Crippen LogP contribution in [0.25, 0.3) is 0 Å². The van der Waals surface area contributed by atoms with Crippen LogP contribution in [0.5, 0.6) is 0 Å². The monoisotopic (exact) mass is 239 g/mol. The molecule has 1 heterocycles. The van der Waals surface area contributed by atoms with Crippen LogP contribution >= 0.6 is 0 Å². The second-order valence-corrected chi connectivity index (χ2v) is 5.81. The Balaban J connectivity index is 1.68. The Kier molecular flexibility index (Phi) is 4.05. The number of rotatable bonds is 5. The van der Waals surface area contributed by atoms with Crippen LogP contribution < -0.4 is 10.6 Å². The van der Waals surface area contributed by atoms with Crippen LogP contribution in [0.4, 0.5) is 0 Å². The second kappa shape index (κ2) is 5.36. The molecule has 0 spiro atoms. The molecule has 1 saturated carbocycles. The fraction of sp³-hybridized carbons (Fsp3) is 0.923. The molecular weight excluding hydrogens is 214 g/mol. The van der Waals surface area contributed by atoms with Crippen molar-refractivity contribution in [2.24, 2.45) is 5.41 Å². The van der Waals surface area contributed by atoms with Crippen LogP contribution in [-0.2, 0) is 4.79 Å². The van der Waals surface area contributed by atoms with Gasteiger partial charge in [0.1, 0.15) is 0 Å². The summed E-state index contributed by atoms with van der Waals surface area (Å²) >= 11 is 0. The Labute approximate surface area is 104 Å². The van der Waals surface area contributed by atoms with Gasteiger partial charge >= 0.3 is 0 Å². The molecule has 2 aliphatic rings. The van der Waals surface area contributed by atoms with Gasteiger partial charge in [0.05, 0.1) is 5.41 Å². The number of carbonyl (C=O) groups is 1. The van der Waals surface area contributed by atoms with Gasteiger partial charge in [-0.05, 0) is 46.2 Å². The van der Waals surface area contributed by atoms with Crippen LogP contribution in [0.2, 0.25) is 0 Å². The van der Waals surface area contributed by atoms with Crippen LogP contribution in [0.1, 0.15) is 32.6 Å². The Bertz CT molecular complexity index is 270. The lowest BCUT2D eigenvalue weighted by Crippen LogP contribution is -2.49. The summed E-state index contributed by atoms with van der Waals surface area (Å²) in [5.41, 5.74) is -0.198. The van der Waals surface area contributed by atoms with Gasteiger partial charge < -0.3 is 15.5 Å². The number of amides is 1. The van der Waals surface area contributed by atoms with E-state index >= 15 is 0 Å². The third kappa shape index (κ3) is 3.42. The van der Waals surface area contributed by atoms with Gasteiger partial charge in [-0.3, -0.25) is 4.79 Å². The molecule has 1 amide bonds. The van der Waals surface area contributed by atoms with Crippen LogP contribution in [-0.4, -0.2) is 50.1 Å². The molecule has 98 valence electrons. The number of piperidine rings is 1. The van der Waals surface area contributed by atoms with Crippen molar-refractivity contribution in [3.8, 4) is 0 Å². The van der Waals surface area contributed by atoms with E-state index in [1.54, 1.807) is 0 Å². The molecule has 0 aromatic carbocycles. The Morgan fingerprint density at radius 2 is 2.29 bits per heavy atom. The van der Waals surface area contributed by atoms with Crippen molar-refractivity contribution in [3.05, 3.63) is 0 Å². The molecule has 0 radical (unpaired) electrons. The highest BCUT2D eigenvalue weighted by Gasteiger charge is 2.34. The first-order chi connectivity index (χ1) is 8.12. The van der Waals surface area contributed by atoms with E-state index in [9.17, 15) is 4.79 Å². The average molecular weight is 239 g/mol. The Morgan fingerprint density at radius 3 is 2.88 bits per heavy atom. The van der Waals surface area contributed by atoms with Crippen molar-refractivity contribution in [1.29, 1.82) is 0 Å². The second-order valence-electron chi connectivity index (χ2n) is 5.81. The average Bonchev–Trinajstić information content (AvgIpc) is 3.13. The van der Waals surface area contributed by atoms with Gasteiger partial charge in [-0.2, -0.15) is 0 Å². The number of nitrogens with one attached hydrogen (secondary N) is 2. The van der Waals surface area contributed by atoms with Crippen LogP contribution in [0.3, 0.4) is 0 Å². The molecule has 4 heteroatoms. The topological polar surface area (TPSA) is 44.4 Å². The molecule has 0 bridgehead atoms. The minimum absolute atomic E-state index is 0.198. The summed E-state index contributed by atoms with van der Waals surface area (Å²) in [6.07, 6.45) is 4.76. The molecule has 1 aliphatic heterocycles. The highest BCUT2D eigenvalue weighted by molar-refractivity contribution is 5.82. The summed E-state index contributed by atoms with van der Waals surface area (Å²) < 4.78 is 0. The van der Waals surface area contributed by atoms with Gasteiger partial charge in [0, 0.05) is 25.7 Å². The summed E-state index contributed by atoms with van der Waals surface area (Å²) in [4.78, 5) is 14.5. The summed E-state index contributed by atoms with van der Waals surface area (Å²) in [5.74, 6) is 0.217. The predicted octanol–water partition coefficient (Wildman–Crippen LogP) is 0.587.